The van der Waals surface area contributed by atoms with Gasteiger partial charge < -0.3 is 5.32 Å². The van der Waals surface area contributed by atoms with Gasteiger partial charge in [-0.05, 0) is 56.4 Å². The molecule has 2 atom stereocenters. The van der Waals surface area contributed by atoms with E-state index in [4.69, 9.17) is 28.2 Å². The minimum atomic E-state index is -0.430. The van der Waals surface area contributed by atoms with E-state index in [0.29, 0.717) is 15.2 Å². The summed E-state index contributed by atoms with van der Waals surface area (Å²) < 4.78 is 1.56. The lowest BCUT2D eigenvalue weighted by molar-refractivity contribution is -0.120. The summed E-state index contributed by atoms with van der Waals surface area (Å²) in [6.07, 6.45) is 3.07. The number of carbonyl (C=O) groups is 1. The van der Waals surface area contributed by atoms with Gasteiger partial charge in [0.2, 0.25) is 5.91 Å². The number of fused-ring (bicyclic) bond motifs is 3. The quantitative estimate of drug-likeness (QED) is 0.404. The van der Waals surface area contributed by atoms with E-state index in [2.05, 4.69) is 5.32 Å². The molecule has 4 rings (SSSR count). The Morgan fingerprint density at radius 1 is 1.30 bits per heavy atom. The maximum absolute atomic E-state index is 12.9. The van der Waals surface area contributed by atoms with E-state index in [1.54, 1.807) is 42.0 Å². The minimum Gasteiger partial charge on any atom is -0.349 e. The summed E-state index contributed by atoms with van der Waals surface area (Å²) >= 11 is 15.1. The molecule has 158 valence electrons. The van der Waals surface area contributed by atoms with Gasteiger partial charge in [-0.15, -0.1) is 11.3 Å². The predicted molar refractivity (Wildman–Crippen MR) is 125 cm³/mol. The van der Waals surface area contributed by atoms with Crippen LogP contribution in [0.1, 0.15) is 42.3 Å². The molecule has 3 aromatic rings. The second kappa shape index (κ2) is 8.54. The number of aromatic nitrogens is 2. The van der Waals surface area contributed by atoms with E-state index in [9.17, 15) is 9.59 Å². The van der Waals surface area contributed by atoms with Crippen LogP contribution in [0.3, 0.4) is 0 Å². The zero-order chi connectivity index (χ0) is 21.6. The van der Waals surface area contributed by atoms with Crippen molar-refractivity contribution in [2.75, 3.05) is 0 Å². The summed E-state index contributed by atoms with van der Waals surface area (Å²) in [5.74, 6) is -0.151. The standard InChI is InChI=1S/C21H21Cl2N3O2S2/c1-10(13-8-7-12(22)9-15(13)23)24-18(27)11(2)29-21-25-19-17(20(28)26(21)3)14-5-4-6-16(14)30-19/h7-11H,4-6H2,1-3H3,(H,24,27)/t10-,11+/m0/s1. The fourth-order valence-corrected chi connectivity index (χ4v) is 6.44. The summed E-state index contributed by atoms with van der Waals surface area (Å²) in [7, 11) is 1.72. The number of benzene rings is 1. The van der Waals surface area contributed by atoms with Gasteiger partial charge in [-0.1, -0.05) is 41.0 Å². The predicted octanol–water partition coefficient (Wildman–Crippen LogP) is 5.15. The molecule has 2 aromatic heterocycles. The van der Waals surface area contributed by atoms with Gasteiger partial charge in [-0.2, -0.15) is 0 Å². The van der Waals surface area contributed by atoms with Gasteiger partial charge in [0.1, 0.15) is 4.83 Å². The normalized spacial score (nSPS) is 15.2. The smallest absolute Gasteiger partial charge is 0.262 e. The lowest BCUT2D eigenvalue weighted by Gasteiger charge is -2.19. The SMILES string of the molecule is C[C@H](NC(=O)[C@@H](C)Sc1nc2sc3c(c2c(=O)n1C)CCC3)c1ccc(Cl)cc1Cl. The van der Waals surface area contributed by atoms with E-state index < -0.39 is 5.25 Å². The number of carbonyl (C=O) groups excluding carboxylic acids is 1. The van der Waals surface area contributed by atoms with Gasteiger partial charge in [-0.25, -0.2) is 4.98 Å². The van der Waals surface area contributed by atoms with Crippen molar-refractivity contribution in [3.05, 3.63) is 54.6 Å². The second-order valence-corrected chi connectivity index (χ2v) is 10.7. The highest BCUT2D eigenvalue weighted by Crippen LogP contribution is 2.36. The van der Waals surface area contributed by atoms with E-state index in [1.165, 1.54) is 22.2 Å². The number of thiophene rings is 1. The van der Waals surface area contributed by atoms with Gasteiger partial charge in [0.15, 0.2) is 5.16 Å². The maximum atomic E-state index is 12.9. The van der Waals surface area contributed by atoms with Gasteiger partial charge in [0, 0.05) is 22.0 Å². The number of nitrogens with one attached hydrogen (secondary N) is 1. The Morgan fingerprint density at radius 3 is 2.80 bits per heavy atom. The fraction of sp³-hybridized carbons (Fsp3) is 0.381. The Bertz CT molecular complexity index is 1210. The zero-order valence-corrected chi connectivity index (χ0v) is 19.9. The Balaban J connectivity index is 1.52. The molecular weight excluding hydrogens is 461 g/mol. The van der Waals surface area contributed by atoms with E-state index in [0.717, 1.165) is 35.0 Å². The molecule has 0 radical (unpaired) electrons. The molecule has 30 heavy (non-hydrogen) atoms. The molecule has 2 heterocycles. The Kier molecular flexibility index (Phi) is 6.17. The van der Waals surface area contributed by atoms with Crippen LogP contribution >= 0.6 is 46.3 Å². The third-order valence-electron chi connectivity index (χ3n) is 5.34. The first kappa shape index (κ1) is 21.7. The highest BCUT2D eigenvalue weighted by atomic mass is 35.5. The van der Waals surface area contributed by atoms with Gasteiger partial charge in [0.05, 0.1) is 16.7 Å². The average molecular weight is 482 g/mol. The molecule has 0 fully saturated rings. The first-order valence-corrected chi connectivity index (χ1v) is 12.1. The summed E-state index contributed by atoms with van der Waals surface area (Å²) in [5, 5.41) is 4.91. The Morgan fingerprint density at radius 2 is 2.07 bits per heavy atom. The topological polar surface area (TPSA) is 64.0 Å². The molecule has 0 unspecified atom stereocenters. The number of thioether (sulfide) groups is 1. The Labute approximate surface area is 192 Å². The fourth-order valence-electron chi connectivity index (χ4n) is 3.68. The van der Waals surface area contributed by atoms with Crippen molar-refractivity contribution in [1.82, 2.24) is 14.9 Å². The maximum Gasteiger partial charge on any atom is 0.262 e. The average Bonchev–Trinajstić information content (AvgIpc) is 3.26. The van der Waals surface area contributed by atoms with Crippen LogP contribution in [0.25, 0.3) is 10.2 Å². The molecule has 1 aliphatic carbocycles. The number of rotatable bonds is 5. The largest absolute Gasteiger partial charge is 0.349 e. The number of aryl methyl sites for hydroxylation is 2. The van der Waals surface area contributed by atoms with Crippen LogP contribution in [-0.4, -0.2) is 20.7 Å². The molecule has 1 amide bonds. The van der Waals surface area contributed by atoms with Crippen molar-refractivity contribution >= 4 is 62.4 Å². The van der Waals surface area contributed by atoms with Crippen LogP contribution in [0.15, 0.2) is 28.2 Å². The molecule has 5 nitrogen and oxygen atoms in total. The number of nitrogens with zero attached hydrogens (tertiary/aromatic N) is 2. The van der Waals surface area contributed by atoms with E-state index >= 15 is 0 Å². The summed E-state index contributed by atoms with van der Waals surface area (Å²) in [6.45, 7) is 3.68. The van der Waals surface area contributed by atoms with Crippen LogP contribution in [-0.2, 0) is 24.7 Å². The number of amides is 1. The number of hydrogen-bond acceptors (Lipinski definition) is 5. The van der Waals surface area contributed by atoms with Gasteiger partial charge in [-0.3, -0.25) is 14.2 Å². The lowest BCUT2D eigenvalue weighted by atomic mass is 10.1. The van der Waals surface area contributed by atoms with Crippen molar-refractivity contribution in [3.8, 4) is 0 Å². The molecule has 1 N–H and O–H groups in total. The highest BCUT2D eigenvalue weighted by molar-refractivity contribution is 8.00. The minimum absolute atomic E-state index is 0.0316. The van der Waals surface area contributed by atoms with Gasteiger partial charge in [0.25, 0.3) is 5.56 Å². The second-order valence-electron chi connectivity index (χ2n) is 7.45. The first-order chi connectivity index (χ1) is 14.3. The molecule has 0 bridgehead atoms. The molecule has 1 aromatic carbocycles. The van der Waals surface area contributed by atoms with E-state index in [-0.39, 0.29) is 17.5 Å². The molecule has 0 saturated heterocycles. The molecule has 0 saturated carbocycles. The highest BCUT2D eigenvalue weighted by Gasteiger charge is 2.25. The summed E-state index contributed by atoms with van der Waals surface area (Å²) in [6, 6.07) is 4.94. The lowest BCUT2D eigenvalue weighted by Crippen LogP contribution is -2.33. The van der Waals surface area contributed by atoms with Crippen LogP contribution < -0.4 is 10.9 Å². The third kappa shape index (κ3) is 4.00. The number of hydrogen-bond donors (Lipinski definition) is 1. The van der Waals surface area contributed by atoms with E-state index in [1.807, 2.05) is 13.0 Å². The summed E-state index contributed by atoms with van der Waals surface area (Å²) in [5.41, 5.74) is 1.93. The van der Waals surface area contributed by atoms with Crippen molar-refractivity contribution in [1.29, 1.82) is 0 Å². The van der Waals surface area contributed by atoms with Crippen molar-refractivity contribution < 1.29 is 4.79 Å². The zero-order valence-electron chi connectivity index (χ0n) is 16.8. The van der Waals surface area contributed by atoms with Crippen LogP contribution in [0, 0.1) is 0 Å². The Hall–Kier alpha value is -1.54. The van der Waals surface area contributed by atoms with Crippen molar-refractivity contribution in [2.24, 2.45) is 7.05 Å². The van der Waals surface area contributed by atoms with Crippen molar-refractivity contribution in [3.63, 3.8) is 0 Å². The summed E-state index contributed by atoms with van der Waals surface area (Å²) in [4.78, 5) is 32.5. The molecule has 1 aliphatic rings. The van der Waals surface area contributed by atoms with Crippen molar-refractivity contribution in [2.45, 2.75) is 49.6 Å². The first-order valence-electron chi connectivity index (χ1n) is 9.69. The number of halogens is 2. The van der Waals surface area contributed by atoms with Gasteiger partial charge >= 0.3 is 0 Å². The molecule has 0 aliphatic heterocycles. The van der Waals surface area contributed by atoms with Crippen LogP contribution in [0.5, 0.6) is 0 Å². The monoisotopic (exact) mass is 481 g/mol. The third-order valence-corrected chi connectivity index (χ3v) is 8.24. The molecule has 9 heteroatoms. The molecular formula is C21H21Cl2N3O2S2. The van der Waals surface area contributed by atoms with Crippen LogP contribution in [0.2, 0.25) is 10.0 Å². The molecule has 0 spiro atoms. The van der Waals surface area contributed by atoms with Crippen LogP contribution in [0.4, 0.5) is 0 Å².